The van der Waals surface area contributed by atoms with E-state index in [0.717, 1.165) is 16.7 Å². The molecule has 1 atom stereocenters. The molecule has 0 saturated carbocycles. The number of fused-ring (bicyclic) bond motifs is 1. The maximum absolute atomic E-state index is 13.9. The van der Waals surface area contributed by atoms with E-state index in [2.05, 4.69) is 20.9 Å². The van der Waals surface area contributed by atoms with Crippen LogP contribution in [0, 0.1) is 0 Å². The number of carbonyl (C=O) groups excluding carboxylic acids is 2. The van der Waals surface area contributed by atoms with Crippen LogP contribution in [0.3, 0.4) is 0 Å². The molecule has 1 aromatic heterocycles. The quantitative estimate of drug-likeness (QED) is 0.184. The van der Waals surface area contributed by atoms with Gasteiger partial charge in [0.25, 0.3) is 5.56 Å². The second-order valence-corrected chi connectivity index (χ2v) is 12.1. The first-order chi connectivity index (χ1) is 22.2. The van der Waals surface area contributed by atoms with E-state index in [1.54, 1.807) is 43.5 Å². The normalized spacial score (nSPS) is 14.4. The third kappa shape index (κ3) is 7.16. The second kappa shape index (κ2) is 14.7. The average molecular weight is 706 g/mol. The lowest BCUT2D eigenvalue weighted by atomic mass is 9.96. The zero-order valence-corrected chi connectivity index (χ0v) is 28.3. The van der Waals surface area contributed by atoms with E-state index in [1.807, 2.05) is 61.5 Å². The number of thiazole rings is 1. The van der Waals surface area contributed by atoms with Crippen LogP contribution in [0.5, 0.6) is 11.5 Å². The van der Waals surface area contributed by atoms with Crippen molar-refractivity contribution in [3.8, 4) is 11.5 Å². The molecular formula is C35H33BrN2O7S. The Kier molecular flexibility index (Phi) is 10.5. The Morgan fingerprint density at radius 1 is 0.913 bits per heavy atom. The third-order valence-corrected chi connectivity index (χ3v) is 8.74. The summed E-state index contributed by atoms with van der Waals surface area (Å²) in [5.41, 5.74) is 3.47. The Labute approximate surface area is 278 Å². The van der Waals surface area contributed by atoms with Gasteiger partial charge in [-0.3, -0.25) is 9.36 Å². The number of rotatable bonds is 11. The number of esters is 2. The van der Waals surface area contributed by atoms with Crippen molar-refractivity contribution in [2.45, 2.75) is 40.3 Å². The first-order valence-electron chi connectivity index (χ1n) is 14.8. The van der Waals surface area contributed by atoms with E-state index >= 15 is 0 Å². The molecule has 0 aliphatic carbocycles. The highest BCUT2D eigenvalue weighted by Gasteiger charge is 2.33. The van der Waals surface area contributed by atoms with E-state index in [4.69, 9.17) is 18.9 Å². The Morgan fingerprint density at radius 3 is 2.26 bits per heavy atom. The van der Waals surface area contributed by atoms with Gasteiger partial charge >= 0.3 is 11.9 Å². The lowest BCUT2D eigenvalue weighted by Gasteiger charge is -2.24. The molecule has 46 heavy (non-hydrogen) atoms. The van der Waals surface area contributed by atoms with Crippen molar-refractivity contribution < 1.29 is 28.5 Å². The van der Waals surface area contributed by atoms with Gasteiger partial charge in [-0.1, -0.05) is 41.7 Å². The summed E-state index contributed by atoms with van der Waals surface area (Å²) in [7, 11) is 0. The van der Waals surface area contributed by atoms with E-state index in [0.29, 0.717) is 62.0 Å². The van der Waals surface area contributed by atoms with Gasteiger partial charge < -0.3 is 18.9 Å². The third-order valence-electron chi connectivity index (χ3n) is 7.14. The maximum atomic E-state index is 13.9. The standard InChI is InChI=1S/C35H33BrN2O7S/c1-5-42-26-15-13-24(14-16-26)31-30(34(41)44-7-3)21(4)37-35-38(31)32(39)29(46-35)19-23-10-17-28(27(36)18-23)45-20-22-8-11-25(12-9-22)33(40)43-6-2/h8-19,31H,5-7,20H2,1-4H3/b29-19-/t31-/m0/s1. The molecule has 0 unspecified atom stereocenters. The fourth-order valence-electron chi connectivity index (χ4n) is 5.01. The summed E-state index contributed by atoms with van der Waals surface area (Å²) in [5, 5.41) is 0. The summed E-state index contributed by atoms with van der Waals surface area (Å²) in [4.78, 5) is 44.1. The van der Waals surface area contributed by atoms with Crippen LogP contribution >= 0.6 is 27.3 Å². The number of aromatic nitrogens is 1. The summed E-state index contributed by atoms with van der Waals surface area (Å²) in [6, 6.07) is 19.3. The predicted octanol–water partition coefficient (Wildman–Crippen LogP) is 5.72. The van der Waals surface area contributed by atoms with E-state index < -0.39 is 12.0 Å². The molecule has 4 aromatic rings. The number of halogens is 1. The molecule has 0 amide bonds. The number of benzene rings is 3. The molecule has 0 radical (unpaired) electrons. The number of nitrogens with zero attached hydrogens (tertiary/aromatic N) is 2. The van der Waals surface area contributed by atoms with Crippen molar-refractivity contribution in [3.05, 3.63) is 124 Å². The molecule has 11 heteroatoms. The molecule has 0 bridgehead atoms. The molecule has 0 fully saturated rings. The lowest BCUT2D eigenvalue weighted by molar-refractivity contribution is -0.139. The summed E-state index contributed by atoms with van der Waals surface area (Å²) in [6.07, 6.45) is 1.80. The molecule has 0 spiro atoms. The van der Waals surface area contributed by atoms with Crippen LogP contribution in [0.15, 0.2) is 92.3 Å². The largest absolute Gasteiger partial charge is 0.494 e. The van der Waals surface area contributed by atoms with Crippen LogP contribution in [0.2, 0.25) is 0 Å². The van der Waals surface area contributed by atoms with Crippen molar-refractivity contribution in [3.63, 3.8) is 0 Å². The first kappa shape index (κ1) is 32.9. The van der Waals surface area contributed by atoms with Gasteiger partial charge in [-0.2, -0.15) is 0 Å². The van der Waals surface area contributed by atoms with Crippen LogP contribution < -0.4 is 24.4 Å². The smallest absolute Gasteiger partial charge is 0.338 e. The van der Waals surface area contributed by atoms with Crippen LogP contribution in [-0.2, 0) is 20.9 Å². The van der Waals surface area contributed by atoms with Gasteiger partial charge in [-0.15, -0.1) is 0 Å². The zero-order chi connectivity index (χ0) is 32.8. The molecule has 5 rings (SSSR count). The molecule has 2 heterocycles. The van der Waals surface area contributed by atoms with Gasteiger partial charge in [0.05, 0.1) is 51.7 Å². The molecule has 1 aliphatic heterocycles. The summed E-state index contributed by atoms with van der Waals surface area (Å²) in [6.45, 7) is 8.53. The number of ether oxygens (including phenoxy) is 4. The van der Waals surface area contributed by atoms with Crippen LogP contribution in [0.1, 0.15) is 60.8 Å². The minimum atomic E-state index is -0.706. The minimum Gasteiger partial charge on any atom is -0.494 e. The van der Waals surface area contributed by atoms with Crippen LogP contribution in [0.25, 0.3) is 6.08 Å². The van der Waals surface area contributed by atoms with Crippen LogP contribution in [0.4, 0.5) is 0 Å². The van der Waals surface area contributed by atoms with Gasteiger partial charge in [0.15, 0.2) is 4.80 Å². The van der Waals surface area contributed by atoms with Crippen molar-refractivity contribution in [1.82, 2.24) is 4.57 Å². The lowest BCUT2D eigenvalue weighted by Crippen LogP contribution is -2.39. The van der Waals surface area contributed by atoms with E-state index in [9.17, 15) is 14.4 Å². The molecular weight excluding hydrogens is 672 g/mol. The fourth-order valence-corrected chi connectivity index (χ4v) is 6.57. The van der Waals surface area contributed by atoms with Crippen LogP contribution in [-0.4, -0.2) is 36.3 Å². The Bertz CT molecular complexity index is 1960. The van der Waals surface area contributed by atoms with Crippen molar-refractivity contribution in [2.75, 3.05) is 19.8 Å². The number of carbonyl (C=O) groups is 2. The van der Waals surface area contributed by atoms with E-state index in [1.165, 1.54) is 11.3 Å². The highest BCUT2D eigenvalue weighted by Crippen LogP contribution is 2.32. The molecule has 3 aromatic carbocycles. The zero-order valence-electron chi connectivity index (χ0n) is 25.9. The van der Waals surface area contributed by atoms with Gasteiger partial charge in [-0.25, -0.2) is 14.6 Å². The van der Waals surface area contributed by atoms with Crippen molar-refractivity contribution in [2.24, 2.45) is 4.99 Å². The Balaban J connectivity index is 1.43. The first-order valence-corrected chi connectivity index (χ1v) is 16.5. The van der Waals surface area contributed by atoms with Gasteiger partial charge in [0, 0.05) is 0 Å². The highest BCUT2D eigenvalue weighted by molar-refractivity contribution is 9.10. The highest BCUT2D eigenvalue weighted by atomic mass is 79.9. The molecule has 9 nitrogen and oxygen atoms in total. The van der Waals surface area contributed by atoms with Gasteiger partial charge in [0.2, 0.25) is 0 Å². The molecule has 238 valence electrons. The summed E-state index contributed by atoms with van der Waals surface area (Å²) in [5.74, 6) is 0.452. The fraction of sp³-hybridized carbons (Fsp3) is 0.257. The van der Waals surface area contributed by atoms with Gasteiger partial charge in [0.1, 0.15) is 18.1 Å². The van der Waals surface area contributed by atoms with E-state index in [-0.39, 0.29) is 18.1 Å². The molecule has 1 aliphatic rings. The summed E-state index contributed by atoms with van der Waals surface area (Å²) < 4.78 is 24.8. The molecule has 0 saturated heterocycles. The van der Waals surface area contributed by atoms with Crippen molar-refractivity contribution in [1.29, 1.82) is 0 Å². The van der Waals surface area contributed by atoms with Crippen molar-refractivity contribution >= 4 is 45.3 Å². The number of allylic oxidation sites excluding steroid dienone is 1. The molecule has 0 N–H and O–H groups in total. The Morgan fingerprint density at radius 2 is 1.61 bits per heavy atom. The average Bonchev–Trinajstić information content (AvgIpc) is 3.34. The Hall–Kier alpha value is -4.48. The minimum absolute atomic E-state index is 0.201. The maximum Gasteiger partial charge on any atom is 0.338 e. The van der Waals surface area contributed by atoms with Gasteiger partial charge in [-0.05, 0) is 103 Å². The SMILES string of the molecule is CCOC(=O)C1=C(C)N=c2s/c(=C\c3ccc(OCc4ccc(C(=O)OCC)cc4)c(Br)c3)c(=O)n2[C@H]1c1ccc(OCC)cc1. The second-order valence-electron chi connectivity index (χ2n) is 10.2. The topological polar surface area (TPSA) is 105 Å². The predicted molar refractivity (Wildman–Crippen MR) is 179 cm³/mol. The summed E-state index contributed by atoms with van der Waals surface area (Å²) >= 11 is 4.85. The number of hydrogen-bond acceptors (Lipinski definition) is 9. The monoisotopic (exact) mass is 704 g/mol. The number of hydrogen-bond donors (Lipinski definition) is 0.